The molecule has 0 bridgehead atoms. The fraction of sp³-hybridized carbons (Fsp3) is 0.778. The van der Waals surface area contributed by atoms with E-state index < -0.39 is 0 Å². The molecule has 14 heavy (non-hydrogen) atoms. The molecule has 1 heterocycles. The minimum Gasteiger partial charge on any atom is -0.313 e. The lowest BCUT2D eigenvalue weighted by Gasteiger charge is -2.15. The molecule has 0 aromatic carbocycles. The second-order valence-corrected chi connectivity index (χ2v) is 4.30. The summed E-state index contributed by atoms with van der Waals surface area (Å²) in [6.07, 6.45) is 1.81. The molecule has 1 atom stereocenters. The summed E-state index contributed by atoms with van der Waals surface area (Å²) in [5.41, 5.74) is 1.02. The number of nitrogens with zero attached hydrogens (tertiary/aromatic N) is 2. The molecule has 0 amide bonds. The predicted octanol–water partition coefficient (Wildman–Crippen LogP) is 1.01. The summed E-state index contributed by atoms with van der Waals surface area (Å²) in [4.78, 5) is 0. The van der Waals surface area contributed by atoms with Crippen LogP contribution in [0.4, 0.5) is 0 Å². The van der Waals surface area contributed by atoms with Crippen LogP contribution in [0.1, 0.15) is 26.5 Å². The molecule has 0 aliphatic carbocycles. The van der Waals surface area contributed by atoms with Crippen LogP contribution >= 0.6 is 11.7 Å². The molecule has 80 valence electrons. The van der Waals surface area contributed by atoms with E-state index in [1.807, 2.05) is 0 Å². The van der Waals surface area contributed by atoms with E-state index in [0.29, 0.717) is 12.1 Å². The molecule has 0 fully saturated rings. The van der Waals surface area contributed by atoms with Gasteiger partial charge in [0.1, 0.15) is 0 Å². The molecule has 1 aromatic rings. The van der Waals surface area contributed by atoms with Gasteiger partial charge in [0.15, 0.2) is 0 Å². The second-order valence-electron chi connectivity index (χ2n) is 3.74. The summed E-state index contributed by atoms with van der Waals surface area (Å²) >= 11 is 1.25. The van der Waals surface area contributed by atoms with E-state index in [4.69, 9.17) is 0 Å². The zero-order valence-electron chi connectivity index (χ0n) is 8.95. The lowest BCUT2D eigenvalue weighted by Crippen LogP contribution is -2.38. The van der Waals surface area contributed by atoms with Crippen LogP contribution in [0.5, 0.6) is 0 Å². The molecular weight excluding hydrogens is 196 g/mol. The van der Waals surface area contributed by atoms with Crippen LogP contribution in [0.15, 0.2) is 6.20 Å². The molecule has 4 nitrogen and oxygen atoms in total. The quantitative estimate of drug-likeness (QED) is 0.742. The fourth-order valence-electron chi connectivity index (χ4n) is 1.03. The van der Waals surface area contributed by atoms with Gasteiger partial charge >= 0.3 is 0 Å². The lowest BCUT2D eigenvalue weighted by molar-refractivity contribution is 0.472. The van der Waals surface area contributed by atoms with E-state index in [2.05, 4.69) is 40.2 Å². The van der Waals surface area contributed by atoms with Crippen LogP contribution in [-0.2, 0) is 6.54 Å². The van der Waals surface area contributed by atoms with Crippen molar-refractivity contribution in [2.75, 3.05) is 6.54 Å². The highest BCUT2D eigenvalue weighted by Gasteiger charge is 2.03. The average molecular weight is 214 g/mol. The third-order valence-electron chi connectivity index (χ3n) is 1.87. The van der Waals surface area contributed by atoms with Gasteiger partial charge < -0.3 is 10.6 Å². The Morgan fingerprint density at radius 3 is 2.71 bits per heavy atom. The van der Waals surface area contributed by atoms with Crippen molar-refractivity contribution in [3.05, 3.63) is 11.9 Å². The molecule has 0 aliphatic heterocycles. The Morgan fingerprint density at radius 1 is 1.36 bits per heavy atom. The van der Waals surface area contributed by atoms with Crippen molar-refractivity contribution < 1.29 is 0 Å². The molecule has 0 saturated carbocycles. The first kappa shape index (κ1) is 11.6. The summed E-state index contributed by atoms with van der Waals surface area (Å²) < 4.78 is 8.08. The number of rotatable bonds is 6. The summed E-state index contributed by atoms with van der Waals surface area (Å²) in [5, 5.41) is 6.76. The fourth-order valence-corrected chi connectivity index (χ4v) is 1.46. The van der Waals surface area contributed by atoms with Crippen molar-refractivity contribution in [2.24, 2.45) is 0 Å². The molecule has 1 rings (SSSR count). The van der Waals surface area contributed by atoms with Gasteiger partial charge in [0.2, 0.25) is 0 Å². The van der Waals surface area contributed by atoms with E-state index >= 15 is 0 Å². The molecule has 2 N–H and O–H groups in total. The highest BCUT2D eigenvalue weighted by atomic mass is 32.1. The van der Waals surface area contributed by atoms with Gasteiger partial charge in [-0.25, -0.2) is 0 Å². The minimum absolute atomic E-state index is 0.458. The Morgan fingerprint density at radius 2 is 2.14 bits per heavy atom. The maximum atomic E-state index is 4.13. The van der Waals surface area contributed by atoms with Gasteiger partial charge in [-0.1, -0.05) is 13.8 Å². The smallest absolute Gasteiger partial charge is 0.0880 e. The van der Waals surface area contributed by atoms with Gasteiger partial charge in [-0.2, -0.15) is 8.75 Å². The van der Waals surface area contributed by atoms with Gasteiger partial charge in [-0.05, 0) is 6.92 Å². The van der Waals surface area contributed by atoms with E-state index in [1.54, 1.807) is 6.20 Å². The average Bonchev–Trinajstić information content (AvgIpc) is 2.63. The second kappa shape index (κ2) is 6.06. The van der Waals surface area contributed by atoms with Crippen molar-refractivity contribution in [1.82, 2.24) is 19.4 Å². The standard InChI is InChI=1S/C9H18N4S/c1-7(2)10-4-8(3)11-5-9-6-12-14-13-9/h6-8,10-11H,4-5H2,1-3H3. The van der Waals surface area contributed by atoms with Crippen LogP contribution in [0.25, 0.3) is 0 Å². The molecule has 0 aliphatic rings. The summed E-state index contributed by atoms with van der Waals surface area (Å²) in [6, 6.07) is 0.999. The van der Waals surface area contributed by atoms with Crippen LogP contribution in [0.2, 0.25) is 0 Å². The Hall–Kier alpha value is -0.520. The predicted molar refractivity (Wildman–Crippen MR) is 59.3 cm³/mol. The first-order chi connectivity index (χ1) is 6.68. The van der Waals surface area contributed by atoms with Crippen molar-refractivity contribution in [3.8, 4) is 0 Å². The summed E-state index contributed by atoms with van der Waals surface area (Å²) in [5.74, 6) is 0. The van der Waals surface area contributed by atoms with Crippen molar-refractivity contribution >= 4 is 11.7 Å². The van der Waals surface area contributed by atoms with Crippen molar-refractivity contribution in [2.45, 2.75) is 39.4 Å². The highest BCUT2D eigenvalue weighted by Crippen LogP contribution is 1.94. The largest absolute Gasteiger partial charge is 0.313 e. The van der Waals surface area contributed by atoms with Crippen LogP contribution < -0.4 is 10.6 Å². The van der Waals surface area contributed by atoms with Crippen molar-refractivity contribution in [1.29, 1.82) is 0 Å². The van der Waals surface area contributed by atoms with E-state index in [1.165, 1.54) is 11.7 Å². The Kier molecular flexibility index (Phi) is 5.00. The molecule has 5 heteroatoms. The lowest BCUT2D eigenvalue weighted by atomic mass is 10.3. The first-order valence-electron chi connectivity index (χ1n) is 4.91. The molecule has 1 unspecified atom stereocenters. The Bertz CT molecular complexity index is 235. The van der Waals surface area contributed by atoms with Crippen LogP contribution in [-0.4, -0.2) is 27.4 Å². The Labute approximate surface area is 89.4 Å². The Balaban J connectivity index is 2.12. The molecular formula is C9H18N4S. The van der Waals surface area contributed by atoms with Crippen LogP contribution in [0, 0.1) is 0 Å². The van der Waals surface area contributed by atoms with E-state index in [9.17, 15) is 0 Å². The summed E-state index contributed by atoms with van der Waals surface area (Å²) in [6.45, 7) is 8.25. The molecule has 0 saturated heterocycles. The number of hydrogen-bond donors (Lipinski definition) is 2. The zero-order chi connectivity index (χ0) is 10.4. The van der Waals surface area contributed by atoms with Crippen LogP contribution in [0.3, 0.4) is 0 Å². The van der Waals surface area contributed by atoms with Crippen molar-refractivity contribution in [3.63, 3.8) is 0 Å². The minimum atomic E-state index is 0.458. The van der Waals surface area contributed by atoms with Gasteiger partial charge in [-0.15, -0.1) is 0 Å². The van der Waals surface area contributed by atoms with E-state index in [0.717, 1.165) is 18.8 Å². The van der Waals surface area contributed by atoms with E-state index in [-0.39, 0.29) is 0 Å². The SMILES string of the molecule is CC(C)NCC(C)NCc1cnsn1. The first-order valence-corrected chi connectivity index (χ1v) is 5.64. The summed E-state index contributed by atoms with van der Waals surface area (Å²) in [7, 11) is 0. The van der Waals surface area contributed by atoms with Gasteiger partial charge in [-0.3, -0.25) is 0 Å². The maximum Gasteiger partial charge on any atom is 0.0880 e. The molecule has 1 aromatic heterocycles. The zero-order valence-corrected chi connectivity index (χ0v) is 9.77. The highest BCUT2D eigenvalue weighted by molar-refractivity contribution is 6.99. The normalized spacial score (nSPS) is 13.4. The van der Waals surface area contributed by atoms with Gasteiger partial charge in [0.05, 0.1) is 23.6 Å². The molecule has 0 radical (unpaired) electrons. The van der Waals surface area contributed by atoms with Gasteiger partial charge in [0, 0.05) is 25.2 Å². The molecule has 0 spiro atoms. The topological polar surface area (TPSA) is 49.8 Å². The number of nitrogens with one attached hydrogen (secondary N) is 2. The number of aromatic nitrogens is 2. The third kappa shape index (κ3) is 4.64. The monoisotopic (exact) mass is 214 g/mol. The van der Waals surface area contributed by atoms with Gasteiger partial charge in [0.25, 0.3) is 0 Å². The maximum absolute atomic E-state index is 4.13. The number of hydrogen-bond acceptors (Lipinski definition) is 5. The third-order valence-corrected chi connectivity index (χ3v) is 2.39.